The Morgan fingerprint density at radius 1 is 1.30 bits per heavy atom. The summed E-state index contributed by atoms with van der Waals surface area (Å²) in [6.07, 6.45) is 7.79. The third kappa shape index (κ3) is 3.93. The molecule has 4 heteroatoms. The minimum absolute atomic E-state index is 0.0512. The Morgan fingerprint density at radius 3 is 2.70 bits per heavy atom. The SMILES string of the molecule is C=C(/C=C(C)\C(=C/C)c1cnc2cc(Cl)ncc2c1)C(=O)CC. The molecule has 0 bridgehead atoms. The molecule has 2 heterocycles. The van der Waals surface area contributed by atoms with Gasteiger partial charge in [0.25, 0.3) is 0 Å². The van der Waals surface area contributed by atoms with Gasteiger partial charge in [0.2, 0.25) is 0 Å². The highest BCUT2D eigenvalue weighted by Crippen LogP contribution is 2.26. The molecule has 0 saturated carbocycles. The number of Topliss-reactive ketones (excluding diaryl/α,β-unsaturated/α-hetero) is 1. The number of hydrogen-bond acceptors (Lipinski definition) is 3. The molecular formula is C19H19ClN2O. The van der Waals surface area contributed by atoms with Gasteiger partial charge in [-0.3, -0.25) is 9.78 Å². The van der Waals surface area contributed by atoms with Crippen molar-refractivity contribution in [1.29, 1.82) is 0 Å². The molecule has 118 valence electrons. The fourth-order valence-electron chi connectivity index (χ4n) is 2.41. The molecule has 0 aliphatic rings. The summed E-state index contributed by atoms with van der Waals surface area (Å²) in [6.45, 7) is 9.60. The third-order valence-electron chi connectivity index (χ3n) is 3.63. The number of carbonyl (C=O) groups excluding carboxylic acids is 1. The molecule has 0 aliphatic heterocycles. The van der Waals surface area contributed by atoms with Crippen LogP contribution >= 0.6 is 11.6 Å². The van der Waals surface area contributed by atoms with Crippen LogP contribution in [0.5, 0.6) is 0 Å². The summed E-state index contributed by atoms with van der Waals surface area (Å²) in [4.78, 5) is 20.2. The van der Waals surface area contributed by atoms with Crippen molar-refractivity contribution < 1.29 is 4.79 Å². The number of fused-ring (bicyclic) bond motifs is 1. The molecule has 0 aromatic carbocycles. The summed E-state index contributed by atoms with van der Waals surface area (Å²) in [5, 5.41) is 1.34. The molecule has 0 N–H and O–H groups in total. The van der Waals surface area contributed by atoms with E-state index >= 15 is 0 Å². The van der Waals surface area contributed by atoms with E-state index in [1.54, 1.807) is 18.5 Å². The van der Waals surface area contributed by atoms with Gasteiger partial charge in [-0.2, -0.15) is 0 Å². The first kappa shape index (κ1) is 17.1. The Kier molecular flexibility index (Phi) is 5.45. The van der Waals surface area contributed by atoms with E-state index < -0.39 is 0 Å². The van der Waals surface area contributed by atoms with Crippen LogP contribution < -0.4 is 0 Å². The highest BCUT2D eigenvalue weighted by atomic mass is 35.5. The van der Waals surface area contributed by atoms with E-state index in [-0.39, 0.29) is 5.78 Å². The van der Waals surface area contributed by atoms with Crippen LogP contribution in [0.25, 0.3) is 16.5 Å². The Labute approximate surface area is 141 Å². The fourth-order valence-corrected chi connectivity index (χ4v) is 2.57. The van der Waals surface area contributed by atoms with Crippen LogP contribution in [0.4, 0.5) is 0 Å². The van der Waals surface area contributed by atoms with Gasteiger partial charge in [-0.25, -0.2) is 4.98 Å². The number of halogens is 1. The zero-order chi connectivity index (χ0) is 17.0. The van der Waals surface area contributed by atoms with Gasteiger partial charge in [-0.15, -0.1) is 0 Å². The summed E-state index contributed by atoms with van der Waals surface area (Å²) in [5.41, 5.74) is 4.28. The summed E-state index contributed by atoms with van der Waals surface area (Å²) < 4.78 is 0. The van der Waals surface area contributed by atoms with E-state index in [4.69, 9.17) is 11.6 Å². The zero-order valence-electron chi connectivity index (χ0n) is 13.6. The van der Waals surface area contributed by atoms with Gasteiger partial charge in [0.1, 0.15) is 5.15 Å². The lowest BCUT2D eigenvalue weighted by molar-refractivity contribution is -0.114. The van der Waals surface area contributed by atoms with Crippen LogP contribution in [0.2, 0.25) is 5.15 Å². The van der Waals surface area contributed by atoms with E-state index in [1.807, 2.05) is 39.0 Å². The molecule has 23 heavy (non-hydrogen) atoms. The largest absolute Gasteiger partial charge is 0.294 e. The van der Waals surface area contributed by atoms with Crippen LogP contribution in [-0.4, -0.2) is 15.8 Å². The summed E-state index contributed by atoms with van der Waals surface area (Å²) in [6, 6.07) is 3.75. The number of carbonyl (C=O) groups is 1. The zero-order valence-corrected chi connectivity index (χ0v) is 14.3. The van der Waals surface area contributed by atoms with Crippen LogP contribution in [0, 0.1) is 0 Å². The normalized spacial score (nSPS) is 12.5. The monoisotopic (exact) mass is 326 g/mol. The predicted molar refractivity (Wildman–Crippen MR) is 96.4 cm³/mol. The lowest BCUT2D eigenvalue weighted by Gasteiger charge is -2.10. The van der Waals surface area contributed by atoms with Gasteiger partial charge in [-0.1, -0.05) is 31.2 Å². The molecular weight excluding hydrogens is 308 g/mol. The van der Waals surface area contributed by atoms with Crippen molar-refractivity contribution in [2.24, 2.45) is 0 Å². The Hall–Kier alpha value is -2.26. The average molecular weight is 327 g/mol. The predicted octanol–water partition coefficient (Wildman–Crippen LogP) is 5.17. The smallest absolute Gasteiger partial charge is 0.162 e. The van der Waals surface area contributed by atoms with Gasteiger partial charge >= 0.3 is 0 Å². The third-order valence-corrected chi connectivity index (χ3v) is 3.83. The van der Waals surface area contributed by atoms with E-state index in [0.29, 0.717) is 17.1 Å². The van der Waals surface area contributed by atoms with Crippen molar-refractivity contribution in [2.45, 2.75) is 27.2 Å². The topological polar surface area (TPSA) is 42.9 Å². The van der Waals surface area contributed by atoms with E-state index in [1.165, 1.54) is 0 Å². The lowest BCUT2D eigenvalue weighted by atomic mass is 9.96. The number of nitrogens with zero attached hydrogens (tertiary/aromatic N) is 2. The van der Waals surface area contributed by atoms with Gasteiger partial charge in [0.05, 0.1) is 5.52 Å². The lowest BCUT2D eigenvalue weighted by Crippen LogP contribution is -1.98. The maximum Gasteiger partial charge on any atom is 0.162 e. The highest BCUT2D eigenvalue weighted by molar-refractivity contribution is 6.30. The second-order valence-electron chi connectivity index (χ2n) is 5.26. The first-order valence-electron chi connectivity index (χ1n) is 7.45. The van der Waals surface area contributed by atoms with Gasteiger partial charge in [0.15, 0.2) is 5.78 Å². The van der Waals surface area contributed by atoms with Gasteiger partial charge in [0, 0.05) is 41.4 Å². The number of aromatic nitrogens is 2. The minimum Gasteiger partial charge on any atom is -0.294 e. The van der Waals surface area contributed by atoms with Crippen molar-refractivity contribution in [3.63, 3.8) is 0 Å². The maximum atomic E-state index is 11.7. The van der Waals surface area contributed by atoms with Crippen molar-refractivity contribution in [3.8, 4) is 0 Å². The molecule has 3 nitrogen and oxygen atoms in total. The molecule has 0 radical (unpaired) electrons. The molecule has 0 spiro atoms. The number of allylic oxidation sites excluding steroid dienone is 5. The number of hydrogen-bond donors (Lipinski definition) is 0. The Bertz CT molecular complexity index is 834. The maximum absolute atomic E-state index is 11.7. The fraction of sp³-hybridized carbons (Fsp3) is 0.211. The molecule has 0 saturated heterocycles. The highest BCUT2D eigenvalue weighted by Gasteiger charge is 2.08. The molecule has 0 unspecified atom stereocenters. The molecule has 0 fully saturated rings. The first-order chi connectivity index (χ1) is 11.0. The molecule has 0 aliphatic carbocycles. The van der Waals surface area contributed by atoms with E-state index in [9.17, 15) is 4.79 Å². The molecule has 0 amide bonds. The second kappa shape index (κ2) is 7.34. The minimum atomic E-state index is 0.0512. The van der Waals surface area contributed by atoms with E-state index in [2.05, 4.69) is 16.5 Å². The van der Waals surface area contributed by atoms with Crippen LogP contribution in [-0.2, 0) is 4.79 Å². The standard InChI is InChI=1S/C19H19ClN2O/c1-5-16(12(3)7-13(4)18(23)6-2)14-8-15-11-22-19(20)9-17(15)21-10-14/h5,7-11H,4,6H2,1-3H3/b12-7-,16-5+. The number of pyridine rings is 2. The van der Waals surface area contributed by atoms with Crippen molar-refractivity contribution in [1.82, 2.24) is 9.97 Å². The number of rotatable bonds is 5. The average Bonchev–Trinajstić information content (AvgIpc) is 2.54. The van der Waals surface area contributed by atoms with Crippen LogP contribution in [0.15, 0.2) is 54.4 Å². The summed E-state index contributed by atoms with van der Waals surface area (Å²) in [5.74, 6) is 0.0512. The molecule has 0 atom stereocenters. The van der Waals surface area contributed by atoms with Crippen molar-refractivity contribution in [3.05, 3.63) is 65.1 Å². The Balaban J connectivity index is 2.41. The second-order valence-corrected chi connectivity index (χ2v) is 5.64. The van der Waals surface area contributed by atoms with Gasteiger partial charge in [-0.05, 0) is 37.1 Å². The first-order valence-corrected chi connectivity index (χ1v) is 7.82. The summed E-state index contributed by atoms with van der Waals surface area (Å²) in [7, 11) is 0. The Morgan fingerprint density at radius 2 is 2.04 bits per heavy atom. The summed E-state index contributed by atoms with van der Waals surface area (Å²) >= 11 is 5.89. The van der Waals surface area contributed by atoms with Crippen LogP contribution in [0.1, 0.15) is 32.8 Å². The quantitative estimate of drug-likeness (QED) is 0.432. The van der Waals surface area contributed by atoms with E-state index in [0.717, 1.165) is 27.6 Å². The molecule has 2 aromatic heterocycles. The number of ketones is 1. The van der Waals surface area contributed by atoms with Gasteiger partial charge < -0.3 is 0 Å². The van der Waals surface area contributed by atoms with Crippen molar-refractivity contribution in [2.75, 3.05) is 0 Å². The molecule has 2 aromatic rings. The van der Waals surface area contributed by atoms with Crippen LogP contribution in [0.3, 0.4) is 0 Å². The van der Waals surface area contributed by atoms with Crippen molar-refractivity contribution >= 4 is 33.9 Å². The molecule has 2 rings (SSSR count).